The van der Waals surface area contributed by atoms with Gasteiger partial charge in [0.15, 0.2) is 0 Å². The van der Waals surface area contributed by atoms with Crippen molar-refractivity contribution in [2.45, 2.75) is 25.4 Å². The number of piperidine rings is 1. The van der Waals surface area contributed by atoms with Gasteiger partial charge in [0.05, 0.1) is 3.79 Å². The molecule has 0 aliphatic carbocycles. The normalized spacial score (nSPS) is 18.6. The van der Waals surface area contributed by atoms with Gasteiger partial charge in [0.25, 0.3) is 0 Å². The van der Waals surface area contributed by atoms with Crippen LogP contribution in [0.5, 0.6) is 0 Å². The molecule has 2 heterocycles. The molecule has 1 N–H and O–H groups in total. The Morgan fingerprint density at radius 3 is 2.80 bits per heavy atom. The van der Waals surface area contributed by atoms with E-state index in [1.54, 1.807) is 0 Å². The van der Waals surface area contributed by atoms with Crippen LogP contribution in [0.1, 0.15) is 17.7 Å². The molecule has 0 unspecified atom stereocenters. The van der Waals surface area contributed by atoms with Gasteiger partial charge in [-0.1, -0.05) is 0 Å². The van der Waals surface area contributed by atoms with Crippen molar-refractivity contribution in [1.82, 2.24) is 10.2 Å². The number of hydrogen-bond acceptors (Lipinski definition) is 3. The second-order valence-corrected chi connectivity index (χ2v) is 6.65. The molecular weight excluding hydrogens is 272 g/mol. The zero-order valence-electron chi connectivity index (χ0n) is 9.00. The molecule has 84 valence electrons. The average molecular weight is 289 g/mol. The van der Waals surface area contributed by atoms with Gasteiger partial charge in [0.2, 0.25) is 0 Å². The van der Waals surface area contributed by atoms with E-state index in [-0.39, 0.29) is 0 Å². The monoisotopic (exact) mass is 288 g/mol. The summed E-state index contributed by atoms with van der Waals surface area (Å²) in [7, 11) is 2.24. The Labute approximate surface area is 104 Å². The molecule has 0 bridgehead atoms. The quantitative estimate of drug-likeness (QED) is 0.920. The van der Waals surface area contributed by atoms with Gasteiger partial charge in [-0.15, -0.1) is 11.3 Å². The summed E-state index contributed by atoms with van der Waals surface area (Å²) in [6, 6.07) is 5.11. The Morgan fingerprint density at radius 2 is 2.20 bits per heavy atom. The number of thiophene rings is 1. The van der Waals surface area contributed by atoms with E-state index in [1.807, 2.05) is 11.3 Å². The van der Waals surface area contributed by atoms with Crippen LogP contribution in [0.15, 0.2) is 15.9 Å². The van der Waals surface area contributed by atoms with Gasteiger partial charge in [-0.2, -0.15) is 0 Å². The van der Waals surface area contributed by atoms with E-state index in [2.05, 4.69) is 45.3 Å². The Kier molecular flexibility index (Phi) is 4.20. The highest BCUT2D eigenvalue weighted by atomic mass is 79.9. The van der Waals surface area contributed by atoms with Gasteiger partial charge in [0, 0.05) is 17.5 Å². The maximum absolute atomic E-state index is 3.51. The zero-order valence-corrected chi connectivity index (χ0v) is 11.4. The number of hydrogen-bond donors (Lipinski definition) is 1. The molecule has 0 atom stereocenters. The van der Waals surface area contributed by atoms with E-state index >= 15 is 0 Å². The molecule has 1 saturated heterocycles. The summed E-state index contributed by atoms with van der Waals surface area (Å²) in [4.78, 5) is 3.93. The van der Waals surface area contributed by atoms with Crippen LogP contribution in [0.4, 0.5) is 0 Å². The van der Waals surface area contributed by atoms with Gasteiger partial charge in [0.1, 0.15) is 0 Å². The Balaban J connectivity index is 1.88. The highest BCUT2D eigenvalue weighted by molar-refractivity contribution is 9.11. The molecule has 1 aliphatic heterocycles. The third-order valence-electron chi connectivity index (χ3n) is 2.97. The van der Waals surface area contributed by atoms with Crippen LogP contribution in [0.3, 0.4) is 0 Å². The molecule has 1 aliphatic rings. The van der Waals surface area contributed by atoms with Crippen molar-refractivity contribution in [2.75, 3.05) is 20.1 Å². The first-order chi connectivity index (χ1) is 7.25. The van der Waals surface area contributed by atoms with Gasteiger partial charge < -0.3 is 5.32 Å². The van der Waals surface area contributed by atoms with Gasteiger partial charge in [-0.3, -0.25) is 4.90 Å². The molecule has 0 saturated carbocycles. The second-order valence-electron chi connectivity index (χ2n) is 4.10. The van der Waals surface area contributed by atoms with Crippen molar-refractivity contribution < 1.29 is 0 Å². The predicted molar refractivity (Wildman–Crippen MR) is 69.4 cm³/mol. The number of rotatable bonds is 3. The van der Waals surface area contributed by atoms with Crippen LogP contribution in [0, 0.1) is 0 Å². The van der Waals surface area contributed by atoms with Crippen molar-refractivity contribution in [3.8, 4) is 0 Å². The van der Waals surface area contributed by atoms with Gasteiger partial charge in [-0.05, 0) is 61.0 Å². The molecule has 0 spiro atoms. The van der Waals surface area contributed by atoms with Gasteiger partial charge >= 0.3 is 0 Å². The lowest BCUT2D eigenvalue weighted by molar-refractivity contribution is 0.193. The Bertz CT molecular complexity index is 307. The minimum absolute atomic E-state index is 0.757. The Morgan fingerprint density at radius 1 is 1.47 bits per heavy atom. The average Bonchev–Trinajstić information content (AvgIpc) is 2.65. The van der Waals surface area contributed by atoms with Crippen molar-refractivity contribution in [1.29, 1.82) is 0 Å². The fraction of sp³-hybridized carbons (Fsp3) is 0.636. The van der Waals surface area contributed by atoms with Crippen LogP contribution in [-0.4, -0.2) is 31.1 Å². The number of nitrogens with zero attached hydrogens (tertiary/aromatic N) is 1. The third kappa shape index (κ3) is 3.28. The second kappa shape index (κ2) is 5.43. The molecular formula is C11H17BrN2S. The molecule has 0 radical (unpaired) electrons. The van der Waals surface area contributed by atoms with Crippen LogP contribution >= 0.6 is 27.3 Å². The van der Waals surface area contributed by atoms with Crippen molar-refractivity contribution in [3.63, 3.8) is 0 Å². The summed E-state index contributed by atoms with van der Waals surface area (Å²) in [5.41, 5.74) is 0. The maximum atomic E-state index is 3.51. The van der Waals surface area contributed by atoms with Crippen molar-refractivity contribution >= 4 is 27.3 Å². The molecule has 0 amide bonds. The van der Waals surface area contributed by atoms with E-state index in [9.17, 15) is 0 Å². The summed E-state index contributed by atoms with van der Waals surface area (Å²) < 4.78 is 1.23. The Hall–Kier alpha value is 0.1000. The molecule has 4 heteroatoms. The van der Waals surface area contributed by atoms with Crippen molar-refractivity contribution in [2.24, 2.45) is 0 Å². The lowest BCUT2D eigenvalue weighted by Crippen LogP contribution is -2.40. The van der Waals surface area contributed by atoms with E-state index in [0.29, 0.717) is 0 Å². The molecule has 1 aromatic rings. The minimum Gasteiger partial charge on any atom is -0.317 e. The fourth-order valence-electron chi connectivity index (χ4n) is 2.06. The molecule has 15 heavy (non-hydrogen) atoms. The summed E-state index contributed by atoms with van der Waals surface area (Å²) in [6.07, 6.45) is 2.56. The first kappa shape index (κ1) is 11.6. The maximum Gasteiger partial charge on any atom is 0.0701 e. The standard InChI is InChI=1S/C11H17BrN2S/c1-14(9-4-6-13-7-5-9)8-10-2-3-11(12)15-10/h2-3,9,13H,4-8H2,1H3. The smallest absolute Gasteiger partial charge is 0.0701 e. The van der Waals surface area contributed by atoms with Crippen LogP contribution < -0.4 is 5.32 Å². The molecule has 1 aromatic heterocycles. The highest BCUT2D eigenvalue weighted by Gasteiger charge is 2.17. The SMILES string of the molecule is CN(Cc1ccc(Br)s1)C1CCNCC1. The molecule has 2 nitrogen and oxygen atoms in total. The van der Waals surface area contributed by atoms with Crippen LogP contribution in [0.2, 0.25) is 0 Å². The zero-order chi connectivity index (χ0) is 10.7. The van der Waals surface area contributed by atoms with Gasteiger partial charge in [-0.25, -0.2) is 0 Å². The summed E-state index contributed by atoms with van der Waals surface area (Å²) in [5, 5.41) is 3.41. The van der Waals surface area contributed by atoms with Crippen molar-refractivity contribution in [3.05, 3.63) is 20.8 Å². The topological polar surface area (TPSA) is 15.3 Å². The number of halogens is 1. The minimum atomic E-state index is 0.757. The highest BCUT2D eigenvalue weighted by Crippen LogP contribution is 2.24. The lowest BCUT2D eigenvalue weighted by Gasteiger charge is -2.31. The van der Waals surface area contributed by atoms with E-state index < -0.39 is 0 Å². The van der Waals surface area contributed by atoms with E-state index in [4.69, 9.17) is 0 Å². The fourth-order valence-corrected chi connectivity index (χ4v) is 3.61. The third-order valence-corrected chi connectivity index (χ3v) is 4.57. The van der Waals surface area contributed by atoms with E-state index in [0.717, 1.165) is 12.6 Å². The van der Waals surface area contributed by atoms with Crippen LogP contribution in [0.25, 0.3) is 0 Å². The predicted octanol–water partition coefficient (Wildman–Crippen LogP) is 2.69. The summed E-state index contributed by atoms with van der Waals surface area (Å²) in [6.45, 7) is 3.42. The van der Waals surface area contributed by atoms with E-state index in [1.165, 1.54) is 34.6 Å². The summed E-state index contributed by atoms with van der Waals surface area (Å²) in [5.74, 6) is 0. The first-order valence-corrected chi connectivity index (χ1v) is 7.02. The summed E-state index contributed by atoms with van der Waals surface area (Å²) >= 11 is 5.35. The first-order valence-electron chi connectivity index (χ1n) is 5.41. The molecule has 0 aromatic carbocycles. The largest absolute Gasteiger partial charge is 0.317 e. The number of nitrogens with one attached hydrogen (secondary N) is 1. The lowest BCUT2D eigenvalue weighted by atomic mass is 10.1. The molecule has 1 fully saturated rings. The molecule has 2 rings (SSSR count). The van der Waals surface area contributed by atoms with Crippen LogP contribution in [-0.2, 0) is 6.54 Å².